The minimum atomic E-state index is 1.30. The van der Waals surface area contributed by atoms with Gasteiger partial charge in [0.15, 0.2) is 0 Å². The van der Waals surface area contributed by atoms with Crippen molar-refractivity contribution in [2.75, 3.05) is 0 Å². The molecule has 0 bridgehead atoms. The summed E-state index contributed by atoms with van der Waals surface area (Å²) in [6.45, 7) is 4.45. The van der Waals surface area contributed by atoms with Crippen molar-refractivity contribution < 1.29 is 0 Å². The fourth-order valence-corrected chi connectivity index (χ4v) is 6.48. The van der Waals surface area contributed by atoms with Crippen molar-refractivity contribution >= 4 is 69.6 Å². The van der Waals surface area contributed by atoms with Gasteiger partial charge in [-0.25, -0.2) is 0 Å². The first-order valence-corrected chi connectivity index (χ1v) is 10.5. The zero-order chi connectivity index (χ0) is 18.6. The summed E-state index contributed by atoms with van der Waals surface area (Å²) in [5, 5.41) is 8.29. The number of hydrogen-bond donors (Lipinski definition) is 0. The topological polar surface area (TPSA) is 4.41 Å². The summed E-state index contributed by atoms with van der Waals surface area (Å²) >= 11 is 1.96. The van der Waals surface area contributed by atoms with E-state index < -0.39 is 0 Å². The number of thiophene rings is 1. The highest BCUT2D eigenvalue weighted by molar-refractivity contribution is 7.27. The first kappa shape index (κ1) is 14.9. The number of fused-ring (bicyclic) bond motifs is 10. The van der Waals surface area contributed by atoms with Crippen LogP contribution in [0.25, 0.3) is 58.3 Å². The van der Waals surface area contributed by atoms with Crippen LogP contribution in [0.4, 0.5) is 0 Å². The van der Waals surface area contributed by atoms with Gasteiger partial charge in [0, 0.05) is 41.7 Å². The number of aromatic nitrogens is 1. The molecule has 0 unspecified atom stereocenters. The van der Waals surface area contributed by atoms with E-state index in [1.807, 2.05) is 11.3 Å². The van der Waals surface area contributed by atoms with Crippen LogP contribution < -0.4 is 0 Å². The van der Waals surface area contributed by atoms with E-state index >= 15 is 0 Å². The Bertz CT molecular complexity index is 1730. The van der Waals surface area contributed by atoms with Crippen LogP contribution in [0.15, 0.2) is 66.7 Å². The lowest BCUT2D eigenvalue weighted by Crippen LogP contribution is -1.78. The predicted octanol–water partition coefficient (Wildman–Crippen LogP) is 7.82. The molecule has 0 saturated carbocycles. The number of aryl methyl sites for hydroxylation is 2. The molecule has 0 saturated heterocycles. The average molecular weight is 375 g/mol. The molecule has 0 radical (unpaired) electrons. The summed E-state index contributed by atoms with van der Waals surface area (Å²) in [4.78, 5) is 0. The number of benzene rings is 4. The average Bonchev–Trinajstić information content (AvgIpc) is 3.34. The maximum atomic E-state index is 2.47. The molecule has 2 heteroatoms. The van der Waals surface area contributed by atoms with Crippen LogP contribution in [-0.2, 0) is 0 Å². The van der Waals surface area contributed by atoms with Gasteiger partial charge in [-0.3, -0.25) is 0 Å². The summed E-state index contributed by atoms with van der Waals surface area (Å²) in [5.41, 5.74) is 6.70. The van der Waals surface area contributed by atoms with E-state index in [0.717, 1.165) is 0 Å². The standard InChI is InChI=1S/C26H17NS/c1-14-11-15(2)25-19(12-14)20-13-18-16-7-3-5-9-21(16)27-22-10-6-4-8-17(22)23(24(18)27)26(20)28-25/h3-13H,1-2H3. The van der Waals surface area contributed by atoms with Crippen LogP contribution in [0, 0.1) is 13.8 Å². The monoisotopic (exact) mass is 375 g/mol. The Morgan fingerprint density at radius 3 is 2.14 bits per heavy atom. The summed E-state index contributed by atoms with van der Waals surface area (Å²) in [7, 11) is 0. The fraction of sp³-hybridized carbons (Fsp3) is 0.0769. The lowest BCUT2D eigenvalue weighted by Gasteiger charge is -2.00. The second-order valence-corrected chi connectivity index (χ2v) is 8.98. The molecule has 0 amide bonds. The summed E-state index contributed by atoms with van der Waals surface area (Å²) in [5.74, 6) is 0. The largest absolute Gasteiger partial charge is 0.308 e. The first-order valence-electron chi connectivity index (χ1n) is 9.72. The summed E-state index contributed by atoms with van der Waals surface area (Å²) in [6.07, 6.45) is 0. The van der Waals surface area contributed by atoms with Crippen molar-refractivity contribution in [1.82, 2.24) is 4.40 Å². The van der Waals surface area contributed by atoms with Gasteiger partial charge in [-0.05, 0) is 43.7 Å². The van der Waals surface area contributed by atoms with E-state index in [1.165, 1.54) is 69.4 Å². The lowest BCUT2D eigenvalue weighted by atomic mass is 10.0. The number of rotatable bonds is 0. The van der Waals surface area contributed by atoms with Crippen LogP contribution in [0.2, 0.25) is 0 Å². The molecule has 0 fully saturated rings. The Balaban J connectivity index is 1.92. The van der Waals surface area contributed by atoms with Crippen molar-refractivity contribution in [1.29, 1.82) is 0 Å². The van der Waals surface area contributed by atoms with E-state index in [4.69, 9.17) is 0 Å². The van der Waals surface area contributed by atoms with Crippen molar-refractivity contribution in [2.45, 2.75) is 13.8 Å². The minimum absolute atomic E-state index is 1.30. The third-order valence-electron chi connectivity index (χ3n) is 6.24. The van der Waals surface area contributed by atoms with Gasteiger partial charge >= 0.3 is 0 Å². The van der Waals surface area contributed by atoms with Crippen LogP contribution in [0.3, 0.4) is 0 Å². The molecule has 28 heavy (non-hydrogen) atoms. The molecule has 3 aromatic heterocycles. The van der Waals surface area contributed by atoms with Gasteiger partial charge in [0.25, 0.3) is 0 Å². The maximum absolute atomic E-state index is 2.47. The van der Waals surface area contributed by atoms with Gasteiger partial charge in [0.1, 0.15) is 0 Å². The van der Waals surface area contributed by atoms with Crippen LogP contribution in [-0.4, -0.2) is 4.40 Å². The molecular weight excluding hydrogens is 358 g/mol. The van der Waals surface area contributed by atoms with Crippen molar-refractivity contribution in [3.8, 4) is 0 Å². The Kier molecular flexibility index (Phi) is 2.57. The van der Waals surface area contributed by atoms with E-state index in [2.05, 4.69) is 85.0 Å². The zero-order valence-electron chi connectivity index (χ0n) is 15.7. The quantitative estimate of drug-likeness (QED) is 0.254. The Hall–Kier alpha value is -3.10. The van der Waals surface area contributed by atoms with Crippen LogP contribution >= 0.6 is 11.3 Å². The van der Waals surface area contributed by atoms with Gasteiger partial charge in [0.05, 0.1) is 16.6 Å². The van der Waals surface area contributed by atoms with Gasteiger partial charge in [0.2, 0.25) is 0 Å². The van der Waals surface area contributed by atoms with E-state index in [1.54, 1.807) is 0 Å². The molecule has 0 aliphatic carbocycles. The molecule has 7 rings (SSSR count). The third kappa shape index (κ3) is 1.60. The lowest BCUT2D eigenvalue weighted by molar-refractivity contribution is 1.37. The highest BCUT2D eigenvalue weighted by Gasteiger charge is 2.21. The second-order valence-electron chi connectivity index (χ2n) is 7.95. The molecule has 7 aromatic rings. The summed E-state index contributed by atoms with van der Waals surface area (Å²) in [6, 6.07) is 24.8. The number of nitrogens with zero attached hydrogens (tertiary/aromatic N) is 1. The molecule has 0 atom stereocenters. The summed E-state index contributed by atoms with van der Waals surface area (Å²) < 4.78 is 5.31. The Labute approximate surface area is 165 Å². The highest BCUT2D eigenvalue weighted by Crippen LogP contribution is 2.47. The fourth-order valence-electron chi connectivity index (χ4n) is 5.19. The van der Waals surface area contributed by atoms with Crippen LogP contribution in [0.1, 0.15) is 11.1 Å². The molecule has 0 aliphatic rings. The van der Waals surface area contributed by atoms with Gasteiger partial charge in [-0.15, -0.1) is 11.3 Å². The zero-order valence-corrected chi connectivity index (χ0v) is 16.5. The van der Waals surface area contributed by atoms with E-state index in [-0.39, 0.29) is 0 Å². The molecule has 132 valence electrons. The molecular formula is C26H17NS. The predicted molar refractivity (Wildman–Crippen MR) is 123 cm³/mol. The second kappa shape index (κ2) is 4.84. The van der Waals surface area contributed by atoms with Gasteiger partial charge in [-0.2, -0.15) is 0 Å². The van der Waals surface area contributed by atoms with Crippen LogP contribution in [0.5, 0.6) is 0 Å². The molecule has 3 heterocycles. The van der Waals surface area contributed by atoms with Crippen molar-refractivity contribution in [3.63, 3.8) is 0 Å². The van der Waals surface area contributed by atoms with Crippen molar-refractivity contribution in [3.05, 3.63) is 77.9 Å². The van der Waals surface area contributed by atoms with E-state index in [9.17, 15) is 0 Å². The first-order chi connectivity index (χ1) is 13.7. The minimum Gasteiger partial charge on any atom is -0.308 e. The van der Waals surface area contributed by atoms with Gasteiger partial charge < -0.3 is 4.40 Å². The third-order valence-corrected chi connectivity index (χ3v) is 7.61. The highest BCUT2D eigenvalue weighted by atomic mass is 32.1. The Morgan fingerprint density at radius 1 is 0.643 bits per heavy atom. The molecule has 4 aromatic carbocycles. The molecule has 0 spiro atoms. The smallest absolute Gasteiger partial charge is 0.0635 e. The maximum Gasteiger partial charge on any atom is 0.0635 e. The normalized spacial score (nSPS) is 12.6. The molecule has 0 N–H and O–H groups in total. The van der Waals surface area contributed by atoms with Crippen molar-refractivity contribution in [2.24, 2.45) is 0 Å². The Morgan fingerprint density at radius 2 is 1.32 bits per heavy atom. The SMILES string of the molecule is Cc1cc(C)c2sc3c(cc4c5ccccc5n5c6ccccc6c3c45)c2c1. The molecule has 1 nitrogen and oxygen atoms in total. The van der Waals surface area contributed by atoms with Gasteiger partial charge in [-0.1, -0.05) is 48.0 Å². The molecule has 0 aliphatic heterocycles. The van der Waals surface area contributed by atoms with E-state index in [0.29, 0.717) is 0 Å². The number of hydrogen-bond acceptors (Lipinski definition) is 1. The number of para-hydroxylation sites is 2.